The normalized spacial score (nSPS) is 9.56. The Morgan fingerprint density at radius 1 is 1.67 bits per heavy atom. The van der Waals surface area contributed by atoms with Gasteiger partial charge in [-0.3, -0.25) is 0 Å². The van der Waals surface area contributed by atoms with Crippen molar-refractivity contribution in [3.63, 3.8) is 0 Å². The second-order valence-corrected chi connectivity index (χ2v) is 1.93. The molecule has 0 N–H and O–H groups in total. The maximum atomic E-state index is 4.77. The van der Waals surface area contributed by atoms with Gasteiger partial charge in [-0.25, -0.2) is 0 Å². The number of hydrogen-bond donors (Lipinski definition) is 0. The molecule has 48 valence electrons. The van der Waals surface area contributed by atoms with Gasteiger partial charge in [-0.05, 0) is 13.8 Å². The fourth-order valence-corrected chi connectivity index (χ4v) is 0.470. The Balaban J connectivity index is 2.98. The zero-order valence-corrected chi connectivity index (χ0v) is 5.51. The molecule has 0 saturated carbocycles. The topological polar surface area (TPSA) is 38.9 Å². The Labute approximate surface area is 53.4 Å². The SMILES string of the molecule is C=C(C)c1nc(C)no1. The summed E-state index contributed by atoms with van der Waals surface area (Å²) in [5.41, 5.74) is 0.801. The Bertz CT molecular complexity index is 227. The lowest BCUT2D eigenvalue weighted by Crippen LogP contribution is -1.75. The highest BCUT2D eigenvalue weighted by Crippen LogP contribution is 2.06. The predicted molar refractivity (Wildman–Crippen MR) is 33.7 cm³/mol. The van der Waals surface area contributed by atoms with Crippen LogP contribution in [0.25, 0.3) is 5.57 Å². The molecular weight excluding hydrogens is 116 g/mol. The van der Waals surface area contributed by atoms with Gasteiger partial charge < -0.3 is 4.52 Å². The lowest BCUT2D eigenvalue weighted by atomic mass is 10.4. The van der Waals surface area contributed by atoms with Crippen LogP contribution in [0.5, 0.6) is 0 Å². The number of nitrogens with zero attached hydrogens (tertiary/aromatic N) is 2. The summed E-state index contributed by atoms with van der Waals surface area (Å²) in [7, 11) is 0. The van der Waals surface area contributed by atoms with Crippen LogP contribution in [0, 0.1) is 6.92 Å². The minimum atomic E-state index is 0.521. The van der Waals surface area contributed by atoms with E-state index in [2.05, 4.69) is 16.7 Å². The molecule has 0 unspecified atom stereocenters. The van der Waals surface area contributed by atoms with Crippen molar-refractivity contribution in [2.75, 3.05) is 0 Å². The van der Waals surface area contributed by atoms with Crippen molar-refractivity contribution in [1.82, 2.24) is 10.1 Å². The molecule has 9 heavy (non-hydrogen) atoms. The summed E-state index contributed by atoms with van der Waals surface area (Å²) in [6, 6.07) is 0. The highest BCUT2D eigenvalue weighted by molar-refractivity contribution is 5.51. The average Bonchev–Trinajstić information content (AvgIpc) is 2.14. The molecule has 0 aliphatic heterocycles. The van der Waals surface area contributed by atoms with Crippen LogP contribution in [0.15, 0.2) is 11.1 Å². The first-order valence-electron chi connectivity index (χ1n) is 2.66. The maximum absolute atomic E-state index is 4.77. The molecule has 0 atom stereocenters. The largest absolute Gasteiger partial charge is 0.334 e. The zero-order valence-electron chi connectivity index (χ0n) is 5.51. The van der Waals surface area contributed by atoms with E-state index in [0.717, 1.165) is 5.57 Å². The molecule has 0 spiro atoms. The highest BCUT2D eigenvalue weighted by atomic mass is 16.5. The summed E-state index contributed by atoms with van der Waals surface area (Å²) in [5, 5.41) is 3.59. The van der Waals surface area contributed by atoms with Crippen molar-refractivity contribution in [2.24, 2.45) is 0 Å². The lowest BCUT2D eigenvalue weighted by molar-refractivity contribution is 0.403. The third kappa shape index (κ3) is 1.16. The van der Waals surface area contributed by atoms with Gasteiger partial charge in [-0.1, -0.05) is 11.7 Å². The van der Waals surface area contributed by atoms with Gasteiger partial charge in [-0.15, -0.1) is 0 Å². The summed E-state index contributed by atoms with van der Waals surface area (Å²) in [6.07, 6.45) is 0. The second kappa shape index (κ2) is 2.01. The summed E-state index contributed by atoms with van der Waals surface area (Å²) in [5.74, 6) is 1.17. The van der Waals surface area contributed by atoms with E-state index in [4.69, 9.17) is 4.52 Å². The minimum absolute atomic E-state index is 0.521. The standard InChI is InChI=1S/C6H8N2O/c1-4(2)6-7-5(3)8-9-6/h1H2,2-3H3. The number of allylic oxidation sites excluding steroid dienone is 1. The van der Waals surface area contributed by atoms with E-state index in [-0.39, 0.29) is 0 Å². The molecular formula is C6H8N2O. The van der Waals surface area contributed by atoms with Gasteiger partial charge in [0, 0.05) is 5.57 Å². The van der Waals surface area contributed by atoms with E-state index in [0.29, 0.717) is 11.7 Å². The van der Waals surface area contributed by atoms with Gasteiger partial charge >= 0.3 is 0 Å². The van der Waals surface area contributed by atoms with Crippen LogP contribution >= 0.6 is 0 Å². The van der Waals surface area contributed by atoms with E-state index < -0.39 is 0 Å². The fourth-order valence-electron chi connectivity index (χ4n) is 0.470. The average molecular weight is 124 g/mol. The molecule has 0 fully saturated rings. The molecule has 0 amide bonds. The summed E-state index contributed by atoms with van der Waals surface area (Å²) in [6.45, 7) is 7.24. The van der Waals surface area contributed by atoms with Crippen molar-refractivity contribution in [3.8, 4) is 0 Å². The summed E-state index contributed by atoms with van der Waals surface area (Å²) in [4.78, 5) is 3.93. The number of aryl methyl sites for hydroxylation is 1. The Kier molecular flexibility index (Phi) is 1.34. The van der Waals surface area contributed by atoms with Crippen LogP contribution in [0.1, 0.15) is 18.6 Å². The van der Waals surface area contributed by atoms with Crippen molar-refractivity contribution >= 4 is 5.57 Å². The van der Waals surface area contributed by atoms with Crippen LogP contribution in [-0.2, 0) is 0 Å². The summed E-state index contributed by atoms with van der Waals surface area (Å²) >= 11 is 0. The molecule has 1 rings (SSSR count). The molecule has 1 heterocycles. The third-order valence-corrected chi connectivity index (χ3v) is 0.893. The Morgan fingerprint density at radius 2 is 2.33 bits per heavy atom. The zero-order chi connectivity index (χ0) is 6.85. The van der Waals surface area contributed by atoms with E-state index >= 15 is 0 Å². The van der Waals surface area contributed by atoms with Crippen LogP contribution < -0.4 is 0 Å². The first-order valence-corrected chi connectivity index (χ1v) is 2.66. The van der Waals surface area contributed by atoms with Crippen molar-refractivity contribution in [1.29, 1.82) is 0 Å². The van der Waals surface area contributed by atoms with Gasteiger partial charge in [-0.2, -0.15) is 4.98 Å². The molecule has 0 bridgehead atoms. The first-order chi connectivity index (χ1) is 4.20. The molecule has 1 aromatic rings. The van der Waals surface area contributed by atoms with Crippen molar-refractivity contribution in [3.05, 3.63) is 18.3 Å². The maximum Gasteiger partial charge on any atom is 0.252 e. The van der Waals surface area contributed by atoms with Crippen LogP contribution in [-0.4, -0.2) is 10.1 Å². The van der Waals surface area contributed by atoms with E-state index in [9.17, 15) is 0 Å². The van der Waals surface area contributed by atoms with Gasteiger partial charge in [0.15, 0.2) is 5.82 Å². The van der Waals surface area contributed by atoms with Crippen molar-refractivity contribution < 1.29 is 4.52 Å². The van der Waals surface area contributed by atoms with E-state index in [1.54, 1.807) is 6.92 Å². The highest BCUT2D eigenvalue weighted by Gasteiger charge is 2.00. The minimum Gasteiger partial charge on any atom is -0.334 e. The van der Waals surface area contributed by atoms with Gasteiger partial charge in [0.25, 0.3) is 5.89 Å². The molecule has 0 radical (unpaired) electrons. The molecule has 0 saturated heterocycles. The van der Waals surface area contributed by atoms with Crippen LogP contribution in [0.4, 0.5) is 0 Å². The molecule has 3 nitrogen and oxygen atoms in total. The third-order valence-electron chi connectivity index (χ3n) is 0.893. The van der Waals surface area contributed by atoms with Gasteiger partial charge in [0.1, 0.15) is 0 Å². The van der Waals surface area contributed by atoms with Crippen LogP contribution in [0.3, 0.4) is 0 Å². The number of aromatic nitrogens is 2. The lowest BCUT2D eigenvalue weighted by Gasteiger charge is -1.82. The smallest absolute Gasteiger partial charge is 0.252 e. The monoisotopic (exact) mass is 124 g/mol. The number of hydrogen-bond acceptors (Lipinski definition) is 3. The van der Waals surface area contributed by atoms with Gasteiger partial charge in [0.05, 0.1) is 0 Å². The molecule has 1 aromatic heterocycles. The fraction of sp³-hybridized carbons (Fsp3) is 0.333. The van der Waals surface area contributed by atoms with Crippen LogP contribution in [0.2, 0.25) is 0 Å². The van der Waals surface area contributed by atoms with E-state index in [1.807, 2.05) is 6.92 Å². The first kappa shape index (κ1) is 6.01. The number of rotatable bonds is 1. The Morgan fingerprint density at radius 3 is 2.56 bits per heavy atom. The Hall–Kier alpha value is -1.12. The summed E-state index contributed by atoms with van der Waals surface area (Å²) < 4.78 is 4.77. The molecule has 3 heteroatoms. The molecule has 0 aliphatic carbocycles. The molecule has 0 aromatic carbocycles. The molecule has 0 aliphatic rings. The van der Waals surface area contributed by atoms with E-state index in [1.165, 1.54) is 0 Å². The second-order valence-electron chi connectivity index (χ2n) is 1.93. The quantitative estimate of drug-likeness (QED) is 0.568. The van der Waals surface area contributed by atoms with Gasteiger partial charge in [0.2, 0.25) is 0 Å². The predicted octanol–water partition coefficient (Wildman–Crippen LogP) is 1.41. The van der Waals surface area contributed by atoms with Crippen molar-refractivity contribution in [2.45, 2.75) is 13.8 Å².